The summed E-state index contributed by atoms with van der Waals surface area (Å²) in [7, 11) is 1.61. The molecule has 2 aromatic heterocycles. The Balaban J connectivity index is 0.000000272. The maximum Gasteiger partial charge on any atom is 0.440 e. The Morgan fingerprint density at radius 3 is 2.42 bits per heavy atom. The Hall–Kier alpha value is -3.21. The van der Waals surface area contributed by atoms with Crippen molar-refractivity contribution in [2.75, 3.05) is 5.73 Å². The van der Waals surface area contributed by atoms with Gasteiger partial charge in [-0.15, -0.1) is 0 Å². The number of carboxylic acids is 1. The van der Waals surface area contributed by atoms with Gasteiger partial charge in [-0.05, 0) is 6.42 Å². The molecule has 0 saturated heterocycles. The van der Waals surface area contributed by atoms with E-state index in [0.29, 0.717) is 5.82 Å². The van der Waals surface area contributed by atoms with Crippen LogP contribution in [-0.4, -0.2) is 31.7 Å². The molecule has 130 valence electrons. The molecule has 7 N–H and O–H groups in total. The van der Waals surface area contributed by atoms with E-state index in [2.05, 4.69) is 9.97 Å². The smallest absolute Gasteiger partial charge is 0.440 e. The van der Waals surface area contributed by atoms with Gasteiger partial charge in [-0.2, -0.15) is 0 Å². The van der Waals surface area contributed by atoms with Crippen LogP contribution in [0.4, 0.5) is 5.82 Å². The number of carbonyl (C=O) groups is 1. The van der Waals surface area contributed by atoms with E-state index >= 15 is 0 Å². The summed E-state index contributed by atoms with van der Waals surface area (Å²) < 4.78 is 2.24. The van der Waals surface area contributed by atoms with E-state index in [1.54, 1.807) is 13.1 Å². The molecule has 2 aromatic rings. The largest absolute Gasteiger partial charge is 0.480 e. The fourth-order valence-electron chi connectivity index (χ4n) is 1.58. The fraction of sp³-hybridized carbons (Fsp3) is 0.308. The summed E-state index contributed by atoms with van der Waals surface area (Å²) in [5.41, 5.74) is 9.36. The predicted octanol–water partition coefficient (Wildman–Crippen LogP) is -2.88. The zero-order valence-corrected chi connectivity index (χ0v) is 12.9. The SMILES string of the molecule is C[n+]1c(N)cc[nH]c1=O.NC(CCn1c(=O)cc[nH]c1=O)C(=O)O. The molecular weight excluding hydrogens is 320 g/mol. The number of hydrogen-bond donors (Lipinski definition) is 5. The average molecular weight is 339 g/mol. The van der Waals surface area contributed by atoms with Crippen molar-refractivity contribution < 1.29 is 14.5 Å². The van der Waals surface area contributed by atoms with Crippen LogP contribution in [-0.2, 0) is 18.4 Å². The number of anilines is 1. The maximum absolute atomic E-state index is 11.2. The lowest BCUT2D eigenvalue weighted by molar-refractivity contribution is -0.674. The highest BCUT2D eigenvalue weighted by Gasteiger charge is 2.12. The molecule has 1 atom stereocenters. The van der Waals surface area contributed by atoms with Gasteiger partial charge in [0.1, 0.15) is 6.04 Å². The van der Waals surface area contributed by atoms with E-state index in [1.165, 1.54) is 23.0 Å². The van der Waals surface area contributed by atoms with Crippen molar-refractivity contribution in [3.05, 3.63) is 55.8 Å². The zero-order chi connectivity index (χ0) is 18.3. The molecule has 0 saturated carbocycles. The highest BCUT2D eigenvalue weighted by atomic mass is 16.4. The highest BCUT2D eigenvalue weighted by molar-refractivity contribution is 5.72. The number of nitrogens with one attached hydrogen (secondary N) is 2. The van der Waals surface area contributed by atoms with E-state index < -0.39 is 23.3 Å². The maximum atomic E-state index is 11.2. The van der Waals surface area contributed by atoms with Crippen LogP contribution in [0.1, 0.15) is 6.42 Å². The summed E-state index contributed by atoms with van der Waals surface area (Å²) in [5, 5.41) is 8.50. The van der Waals surface area contributed by atoms with Crippen LogP contribution in [0.3, 0.4) is 0 Å². The second-order valence-corrected chi connectivity index (χ2v) is 4.77. The van der Waals surface area contributed by atoms with Gasteiger partial charge in [0.15, 0.2) is 0 Å². The number of carboxylic acid groups (broad SMARTS) is 1. The van der Waals surface area contributed by atoms with Crippen LogP contribution in [0.5, 0.6) is 0 Å². The number of aromatic amines is 2. The second kappa shape index (κ2) is 8.43. The van der Waals surface area contributed by atoms with Crippen LogP contribution >= 0.6 is 0 Å². The summed E-state index contributed by atoms with van der Waals surface area (Å²) in [6.45, 7) is -0.0114. The third-order valence-corrected chi connectivity index (χ3v) is 3.08. The van der Waals surface area contributed by atoms with Gasteiger partial charge in [-0.3, -0.25) is 14.2 Å². The normalized spacial score (nSPS) is 11.2. The summed E-state index contributed by atoms with van der Waals surface area (Å²) >= 11 is 0. The molecule has 0 aromatic carbocycles. The first-order valence-corrected chi connectivity index (χ1v) is 6.84. The average Bonchev–Trinajstić information content (AvgIpc) is 2.52. The van der Waals surface area contributed by atoms with Gasteiger partial charge in [0.25, 0.3) is 5.56 Å². The van der Waals surface area contributed by atoms with Crippen LogP contribution in [0.25, 0.3) is 0 Å². The van der Waals surface area contributed by atoms with Crippen molar-refractivity contribution in [2.45, 2.75) is 19.0 Å². The number of aliphatic carboxylic acids is 1. The minimum Gasteiger partial charge on any atom is -0.480 e. The van der Waals surface area contributed by atoms with Gasteiger partial charge >= 0.3 is 17.3 Å². The number of rotatable bonds is 4. The molecule has 0 aliphatic heterocycles. The molecule has 0 radical (unpaired) electrons. The molecule has 0 spiro atoms. The monoisotopic (exact) mass is 339 g/mol. The van der Waals surface area contributed by atoms with Gasteiger partial charge in [0, 0.05) is 24.9 Å². The molecular formula is C13H19N6O5+. The summed E-state index contributed by atoms with van der Waals surface area (Å²) in [6.07, 6.45) is 2.78. The molecule has 2 heterocycles. The Kier molecular flexibility index (Phi) is 6.62. The third kappa shape index (κ3) is 5.21. The van der Waals surface area contributed by atoms with Crippen molar-refractivity contribution in [1.29, 1.82) is 0 Å². The molecule has 24 heavy (non-hydrogen) atoms. The van der Waals surface area contributed by atoms with Crippen LogP contribution < -0.4 is 33.0 Å². The van der Waals surface area contributed by atoms with E-state index in [4.69, 9.17) is 16.6 Å². The first-order chi connectivity index (χ1) is 11.2. The summed E-state index contributed by atoms with van der Waals surface area (Å²) in [4.78, 5) is 48.2. The van der Waals surface area contributed by atoms with Crippen LogP contribution in [0.15, 0.2) is 38.9 Å². The predicted molar refractivity (Wildman–Crippen MR) is 84.2 cm³/mol. The number of hydrogen-bond acceptors (Lipinski definition) is 6. The number of H-pyrrole nitrogens is 2. The number of nitrogens with two attached hydrogens (primary N) is 2. The molecule has 0 amide bonds. The van der Waals surface area contributed by atoms with E-state index in [-0.39, 0.29) is 18.7 Å². The topological polar surface area (TPSA) is 181 Å². The lowest BCUT2D eigenvalue weighted by Gasteiger charge is -2.06. The van der Waals surface area contributed by atoms with E-state index in [0.717, 1.165) is 4.57 Å². The Morgan fingerprint density at radius 1 is 1.29 bits per heavy atom. The number of nitrogen functional groups attached to an aromatic ring is 1. The molecule has 0 aliphatic rings. The van der Waals surface area contributed by atoms with Gasteiger partial charge in [0.05, 0.1) is 13.2 Å². The molecule has 0 aliphatic carbocycles. The summed E-state index contributed by atoms with van der Waals surface area (Å²) in [5.74, 6) is -0.700. The standard InChI is InChI=1S/C8H11N3O4.C5H7N3O/c9-5(7(13)14)2-4-11-6(12)1-3-10-8(11)15;1-8-4(6)2-3-7-5(8)9/h1,3,5H,2,4,9H2,(H,10,15)(H,13,14);2-3H,1H3,(H2,6,7,9)/p+1. The van der Waals surface area contributed by atoms with Crippen molar-refractivity contribution >= 4 is 11.8 Å². The Morgan fingerprint density at radius 2 is 1.92 bits per heavy atom. The third-order valence-electron chi connectivity index (χ3n) is 3.08. The van der Waals surface area contributed by atoms with E-state index in [9.17, 15) is 19.2 Å². The fourth-order valence-corrected chi connectivity index (χ4v) is 1.58. The molecule has 1 unspecified atom stereocenters. The molecule has 2 rings (SSSR count). The van der Waals surface area contributed by atoms with Crippen molar-refractivity contribution in [1.82, 2.24) is 14.5 Å². The van der Waals surface area contributed by atoms with Crippen molar-refractivity contribution in [2.24, 2.45) is 12.8 Å². The van der Waals surface area contributed by atoms with Gasteiger partial charge < -0.3 is 21.6 Å². The zero-order valence-electron chi connectivity index (χ0n) is 12.9. The minimum absolute atomic E-state index is 0.0114. The quantitative estimate of drug-likeness (QED) is 0.371. The lowest BCUT2D eigenvalue weighted by Crippen LogP contribution is -2.49. The molecule has 0 fully saturated rings. The van der Waals surface area contributed by atoms with Crippen LogP contribution in [0.2, 0.25) is 0 Å². The molecule has 11 nitrogen and oxygen atoms in total. The lowest BCUT2D eigenvalue weighted by atomic mass is 10.2. The van der Waals surface area contributed by atoms with Crippen molar-refractivity contribution in [3.63, 3.8) is 0 Å². The number of nitrogens with zero attached hydrogens (tertiary/aromatic N) is 2. The Labute approximate surface area is 135 Å². The highest BCUT2D eigenvalue weighted by Crippen LogP contribution is 1.89. The molecule has 11 heteroatoms. The van der Waals surface area contributed by atoms with Gasteiger partial charge in [-0.25, -0.2) is 19.1 Å². The Bertz CT molecular complexity index is 840. The molecule has 0 bridgehead atoms. The second-order valence-electron chi connectivity index (χ2n) is 4.77. The van der Waals surface area contributed by atoms with Gasteiger partial charge in [-0.1, -0.05) is 0 Å². The first kappa shape index (κ1) is 18.8. The van der Waals surface area contributed by atoms with Crippen LogP contribution in [0, 0.1) is 0 Å². The first-order valence-electron chi connectivity index (χ1n) is 6.84. The summed E-state index contributed by atoms with van der Waals surface area (Å²) in [6, 6.07) is 1.74. The number of aromatic nitrogens is 4. The minimum atomic E-state index is -1.16. The van der Waals surface area contributed by atoms with Gasteiger partial charge in [0.2, 0.25) is 5.82 Å². The van der Waals surface area contributed by atoms with E-state index in [1.807, 2.05) is 0 Å². The van der Waals surface area contributed by atoms with Crippen molar-refractivity contribution in [3.8, 4) is 0 Å².